The van der Waals surface area contributed by atoms with Gasteiger partial charge < -0.3 is 4.74 Å². The van der Waals surface area contributed by atoms with Crippen LogP contribution in [0.25, 0.3) is 6.08 Å². The molecule has 0 fully saturated rings. The minimum absolute atomic E-state index is 0.0425. The van der Waals surface area contributed by atoms with Crippen molar-refractivity contribution in [1.82, 2.24) is 30.0 Å². The Balaban J connectivity index is 1.63. The molecule has 0 saturated heterocycles. The molecule has 0 aliphatic heterocycles. The van der Waals surface area contributed by atoms with E-state index in [9.17, 15) is 4.79 Å². The van der Waals surface area contributed by atoms with Gasteiger partial charge in [-0.1, -0.05) is 36.8 Å². The molecule has 0 amide bonds. The molecule has 29 heavy (non-hydrogen) atoms. The lowest BCUT2D eigenvalue weighted by Crippen LogP contribution is -2.09. The van der Waals surface area contributed by atoms with E-state index in [4.69, 9.17) is 4.74 Å². The van der Waals surface area contributed by atoms with E-state index in [0.717, 1.165) is 23.4 Å². The number of carbonyl (C=O) groups is 1. The number of hydrogen-bond acceptors (Lipinski definition) is 6. The first kappa shape index (κ1) is 20.4. The number of hydrogen-bond donors (Lipinski definition) is 0. The van der Waals surface area contributed by atoms with Crippen molar-refractivity contribution >= 4 is 12.0 Å². The van der Waals surface area contributed by atoms with Gasteiger partial charge in [0.05, 0.1) is 12.2 Å². The number of esters is 1. The average Bonchev–Trinajstić information content (AvgIpc) is 3.25. The number of benzene rings is 1. The minimum Gasteiger partial charge on any atom is -0.454 e. The van der Waals surface area contributed by atoms with Gasteiger partial charge in [0, 0.05) is 23.9 Å². The molecule has 2 heterocycles. The fourth-order valence-corrected chi connectivity index (χ4v) is 3.02. The normalized spacial score (nSPS) is 11.3. The van der Waals surface area contributed by atoms with Crippen LogP contribution in [0.4, 0.5) is 0 Å². The van der Waals surface area contributed by atoms with Crippen molar-refractivity contribution in [3.8, 4) is 0 Å². The van der Waals surface area contributed by atoms with Crippen LogP contribution in [-0.4, -0.2) is 36.0 Å². The van der Waals surface area contributed by atoms with Crippen LogP contribution in [0.3, 0.4) is 0 Å². The molecule has 0 atom stereocenters. The molecule has 0 N–H and O–H groups in total. The zero-order valence-corrected chi connectivity index (χ0v) is 17.3. The molecule has 0 radical (unpaired) electrons. The van der Waals surface area contributed by atoms with Gasteiger partial charge in [-0.15, -0.1) is 5.10 Å². The number of tetrazole rings is 1. The number of nitrogens with zero attached hydrogens (tertiary/aromatic N) is 6. The first-order chi connectivity index (χ1) is 14.0. The first-order valence-corrected chi connectivity index (χ1v) is 9.67. The first-order valence-electron chi connectivity index (χ1n) is 9.67. The third-order valence-electron chi connectivity index (χ3n) is 4.66. The Hall–Kier alpha value is -3.29. The SMILES string of the molecule is CCCn1nnnc1COC(=O)/C=C/c1c(C)nn(Cc2ccc(C)cc2)c1C. The Kier molecular flexibility index (Phi) is 6.54. The van der Waals surface area contributed by atoms with Gasteiger partial charge in [-0.3, -0.25) is 4.68 Å². The van der Waals surface area contributed by atoms with Crippen LogP contribution in [-0.2, 0) is 29.2 Å². The lowest BCUT2D eigenvalue weighted by molar-refractivity contribution is -0.139. The summed E-state index contributed by atoms with van der Waals surface area (Å²) in [6, 6.07) is 8.39. The van der Waals surface area contributed by atoms with Crippen molar-refractivity contribution in [2.45, 2.75) is 53.8 Å². The molecule has 0 spiro atoms. The Bertz CT molecular complexity index is 1000. The molecular formula is C21H26N6O2. The Morgan fingerprint density at radius 2 is 1.90 bits per heavy atom. The average molecular weight is 394 g/mol. The molecule has 0 bridgehead atoms. The topological polar surface area (TPSA) is 87.7 Å². The Labute approximate surface area is 170 Å². The maximum atomic E-state index is 12.1. The van der Waals surface area contributed by atoms with Crippen LogP contribution in [0.15, 0.2) is 30.3 Å². The molecule has 3 aromatic rings. The highest BCUT2D eigenvalue weighted by Gasteiger charge is 2.11. The summed E-state index contributed by atoms with van der Waals surface area (Å²) in [6.07, 6.45) is 4.07. The number of carbonyl (C=O) groups excluding carboxylic acids is 1. The van der Waals surface area contributed by atoms with E-state index in [1.165, 1.54) is 17.2 Å². The lowest BCUT2D eigenvalue weighted by atomic mass is 10.1. The van der Waals surface area contributed by atoms with Crippen LogP contribution in [0.5, 0.6) is 0 Å². The quantitative estimate of drug-likeness (QED) is 0.431. The molecule has 152 valence electrons. The highest BCUT2D eigenvalue weighted by Crippen LogP contribution is 2.17. The number of ether oxygens (including phenoxy) is 1. The third-order valence-corrected chi connectivity index (χ3v) is 4.66. The fraction of sp³-hybridized carbons (Fsp3) is 0.381. The van der Waals surface area contributed by atoms with Gasteiger partial charge in [-0.25, -0.2) is 9.48 Å². The van der Waals surface area contributed by atoms with Crippen LogP contribution >= 0.6 is 0 Å². The van der Waals surface area contributed by atoms with E-state index in [1.54, 1.807) is 10.8 Å². The van der Waals surface area contributed by atoms with Crippen LogP contribution < -0.4 is 0 Å². The summed E-state index contributed by atoms with van der Waals surface area (Å²) < 4.78 is 8.86. The molecule has 3 rings (SSSR count). The Morgan fingerprint density at radius 3 is 2.62 bits per heavy atom. The predicted octanol–water partition coefficient (Wildman–Crippen LogP) is 3.01. The molecular weight excluding hydrogens is 368 g/mol. The van der Waals surface area contributed by atoms with Crippen molar-refractivity contribution in [2.75, 3.05) is 0 Å². The van der Waals surface area contributed by atoms with E-state index in [0.29, 0.717) is 18.9 Å². The van der Waals surface area contributed by atoms with E-state index >= 15 is 0 Å². The monoisotopic (exact) mass is 394 g/mol. The maximum absolute atomic E-state index is 12.1. The van der Waals surface area contributed by atoms with E-state index in [-0.39, 0.29) is 6.61 Å². The highest BCUT2D eigenvalue weighted by atomic mass is 16.5. The van der Waals surface area contributed by atoms with Gasteiger partial charge in [0.1, 0.15) is 0 Å². The number of rotatable bonds is 8. The van der Waals surface area contributed by atoms with E-state index in [1.807, 2.05) is 25.5 Å². The minimum atomic E-state index is -0.443. The third kappa shape index (κ3) is 5.16. The van der Waals surface area contributed by atoms with Crippen molar-refractivity contribution in [3.05, 3.63) is 64.2 Å². The van der Waals surface area contributed by atoms with Gasteiger partial charge in [-0.05, 0) is 49.3 Å². The fourth-order valence-electron chi connectivity index (χ4n) is 3.02. The summed E-state index contributed by atoms with van der Waals surface area (Å²) in [4.78, 5) is 12.1. The van der Waals surface area contributed by atoms with Gasteiger partial charge >= 0.3 is 5.97 Å². The smallest absolute Gasteiger partial charge is 0.331 e. The largest absolute Gasteiger partial charge is 0.454 e. The highest BCUT2D eigenvalue weighted by molar-refractivity contribution is 5.87. The van der Waals surface area contributed by atoms with Gasteiger partial charge in [-0.2, -0.15) is 5.10 Å². The summed E-state index contributed by atoms with van der Waals surface area (Å²) in [5.41, 5.74) is 5.20. The summed E-state index contributed by atoms with van der Waals surface area (Å²) in [7, 11) is 0. The molecule has 1 aromatic carbocycles. The van der Waals surface area contributed by atoms with Crippen molar-refractivity contribution in [3.63, 3.8) is 0 Å². The summed E-state index contributed by atoms with van der Waals surface area (Å²) in [5, 5.41) is 16.0. The van der Waals surface area contributed by atoms with Crippen LogP contribution in [0, 0.1) is 20.8 Å². The standard InChI is InChI=1S/C21H26N6O2/c1-5-12-26-20(22-24-25-26)14-29-21(28)11-10-19-16(3)23-27(17(19)4)13-18-8-6-15(2)7-9-18/h6-11H,5,12-14H2,1-4H3/b11-10+. The zero-order valence-electron chi connectivity index (χ0n) is 17.3. The lowest BCUT2D eigenvalue weighted by Gasteiger charge is -2.05. The predicted molar refractivity (Wildman–Crippen MR) is 109 cm³/mol. The second-order valence-electron chi connectivity index (χ2n) is 6.99. The molecule has 0 saturated carbocycles. The zero-order chi connectivity index (χ0) is 20.8. The summed E-state index contributed by atoms with van der Waals surface area (Å²) in [6.45, 7) is 9.45. The van der Waals surface area contributed by atoms with E-state index < -0.39 is 5.97 Å². The summed E-state index contributed by atoms with van der Waals surface area (Å²) in [5.74, 6) is 0.0908. The van der Waals surface area contributed by atoms with Crippen LogP contribution in [0.2, 0.25) is 0 Å². The molecule has 0 aliphatic rings. The van der Waals surface area contributed by atoms with Gasteiger partial charge in [0.25, 0.3) is 0 Å². The molecule has 0 aliphatic carbocycles. The van der Waals surface area contributed by atoms with Crippen molar-refractivity contribution < 1.29 is 9.53 Å². The summed E-state index contributed by atoms with van der Waals surface area (Å²) >= 11 is 0. The number of aromatic nitrogens is 6. The molecule has 0 unspecified atom stereocenters. The molecule has 2 aromatic heterocycles. The van der Waals surface area contributed by atoms with Crippen molar-refractivity contribution in [1.29, 1.82) is 0 Å². The second kappa shape index (κ2) is 9.27. The van der Waals surface area contributed by atoms with Crippen LogP contribution in [0.1, 0.15) is 47.2 Å². The second-order valence-corrected chi connectivity index (χ2v) is 6.99. The van der Waals surface area contributed by atoms with Crippen molar-refractivity contribution in [2.24, 2.45) is 0 Å². The maximum Gasteiger partial charge on any atom is 0.331 e. The van der Waals surface area contributed by atoms with Gasteiger partial charge in [0.15, 0.2) is 12.4 Å². The van der Waals surface area contributed by atoms with Gasteiger partial charge in [0.2, 0.25) is 0 Å². The molecule has 8 nitrogen and oxygen atoms in total. The van der Waals surface area contributed by atoms with E-state index in [2.05, 4.69) is 51.8 Å². The molecule has 8 heteroatoms. The number of aryl methyl sites for hydroxylation is 3. The Morgan fingerprint density at radius 1 is 1.14 bits per heavy atom.